The Morgan fingerprint density at radius 2 is 2.08 bits per heavy atom. The van der Waals surface area contributed by atoms with E-state index in [0.717, 1.165) is 18.4 Å². The van der Waals surface area contributed by atoms with Crippen LogP contribution in [0.5, 0.6) is 0 Å². The van der Waals surface area contributed by atoms with E-state index in [-0.39, 0.29) is 17.3 Å². The molecule has 24 heavy (non-hydrogen) atoms. The third-order valence-electron chi connectivity index (χ3n) is 3.76. The predicted molar refractivity (Wildman–Crippen MR) is 92.4 cm³/mol. The molecular formula is C16H18N4O3S. The van der Waals surface area contributed by atoms with Gasteiger partial charge in [-0.1, -0.05) is 37.2 Å². The summed E-state index contributed by atoms with van der Waals surface area (Å²) in [5, 5.41) is 9.54. The van der Waals surface area contributed by atoms with E-state index in [9.17, 15) is 9.59 Å². The smallest absolute Gasteiger partial charge is 0.316 e. The fraction of sp³-hybridized carbons (Fsp3) is 0.375. The molecule has 0 aliphatic carbocycles. The number of rotatable bonds is 6. The van der Waals surface area contributed by atoms with Crippen LogP contribution in [0.1, 0.15) is 19.8 Å². The van der Waals surface area contributed by atoms with Gasteiger partial charge in [0.1, 0.15) is 0 Å². The summed E-state index contributed by atoms with van der Waals surface area (Å²) >= 11 is 1.24. The van der Waals surface area contributed by atoms with Crippen LogP contribution in [-0.2, 0) is 16.1 Å². The number of hydrogen-bond acceptors (Lipinski definition) is 6. The standard InChI is InChI=1S/C16H18N4O3S/c1-3-4-9-19-14(22)11-7-5-6-8-12(11)20-15(19)17-18-16(20)24-10-13(21)23-2/h5-8H,3-4,9-10H2,1-2H3. The van der Waals surface area contributed by atoms with Gasteiger partial charge in [0.05, 0.1) is 23.8 Å². The molecule has 3 rings (SSSR count). The van der Waals surface area contributed by atoms with Crippen LogP contribution in [0, 0.1) is 0 Å². The molecule has 0 saturated heterocycles. The summed E-state index contributed by atoms with van der Waals surface area (Å²) in [6.07, 6.45) is 1.86. The fourth-order valence-electron chi connectivity index (χ4n) is 2.53. The van der Waals surface area contributed by atoms with Crippen molar-refractivity contribution in [2.45, 2.75) is 31.5 Å². The van der Waals surface area contributed by atoms with Crippen LogP contribution < -0.4 is 5.56 Å². The molecular weight excluding hydrogens is 328 g/mol. The highest BCUT2D eigenvalue weighted by Gasteiger charge is 2.17. The molecule has 0 saturated carbocycles. The number of benzene rings is 1. The monoisotopic (exact) mass is 346 g/mol. The molecule has 3 aromatic rings. The number of aryl methyl sites for hydroxylation is 1. The molecule has 126 valence electrons. The van der Waals surface area contributed by atoms with Crippen LogP contribution >= 0.6 is 11.8 Å². The van der Waals surface area contributed by atoms with E-state index in [0.29, 0.717) is 22.9 Å². The first-order valence-electron chi connectivity index (χ1n) is 7.73. The van der Waals surface area contributed by atoms with Gasteiger partial charge in [0, 0.05) is 6.54 Å². The Bertz CT molecular complexity index is 948. The van der Waals surface area contributed by atoms with Crippen LogP contribution in [-0.4, -0.2) is 38.0 Å². The van der Waals surface area contributed by atoms with E-state index in [1.807, 2.05) is 22.6 Å². The lowest BCUT2D eigenvalue weighted by Crippen LogP contribution is -2.23. The van der Waals surface area contributed by atoms with E-state index in [1.165, 1.54) is 18.9 Å². The molecule has 0 spiro atoms. The number of thioether (sulfide) groups is 1. The zero-order chi connectivity index (χ0) is 17.1. The second-order valence-corrected chi connectivity index (χ2v) is 6.25. The van der Waals surface area contributed by atoms with Gasteiger partial charge in [-0.15, -0.1) is 10.2 Å². The minimum absolute atomic E-state index is 0.0662. The summed E-state index contributed by atoms with van der Waals surface area (Å²) in [7, 11) is 1.35. The SMILES string of the molecule is CCCCn1c(=O)c2ccccc2n2c(SCC(=O)OC)nnc12. The number of carbonyl (C=O) groups is 1. The van der Waals surface area contributed by atoms with Crippen LogP contribution in [0.25, 0.3) is 16.7 Å². The number of para-hydroxylation sites is 1. The second kappa shape index (κ2) is 7.04. The van der Waals surface area contributed by atoms with Crippen molar-refractivity contribution >= 4 is 34.4 Å². The predicted octanol–water partition coefficient (Wildman–Crippen LogP) is 2.11. The maximum Gasteiger partial charge on any atom is 0.316 e. The third-order valence-corrected chi connectivity index (χ3v) is 4.66. The highest BCUT2D eigenvalue weighted by atomic mass is 32.2. The van der Waals surface area contributed by atoms with Crippen molar-refractivity contribution in [2.24, 2.45) is 0 Å². The molecule has 7 nitrogen and oxygen atoms in total. The van der Waals surface area contributed by atoms with Crippen LogP contribution in [0.4, 0.5) is 0 Å². The summed E-state index contributed by atoms with van der Waals surface area (Å²) in [6.45, 7) is 2.66. The average Bonchev–Trinajstić information content (AvgIpc) is 3.03. The van der Waals surface area contributed by atoms with E-state index in [1.54, 1.807) is 10.6 Å². The van der Waals surface area contributed by atoms with Crippen molar-refractivity contribution in [1.29, 1.82) is 0 Å². The first kappa shape index (κ1) is 16.5. The van der Waals surface area contributed by atoms with Gasteiger partial charge in [0.2, 0.25) is 5.78 Å². The Kier molecular flexibility index (Phi) is 4.84. The third kappa shape index (κ3) is 2.89. The highest BCUT2D eigenvalue weighted by molar-refractivity contribution is 7.99. The van der Waals surface area contributed by atoms with Gasteiger partial charge in [0.25, 0.3) is 5.56 Å². The number of esters is 1. The summed E-state index contributed by atoms with van der Waals surface area (Å²) in [4.78, 5) is 24.2. The Hall–Kier alpha value is -2.35. The van der Waals surface area contributed by atoms with Crippen molar-refractivity contribution in [3.63, 3.8) is 0 Å². The zero-order valence-corrected chi connectivity index (χ0v) is 14.4. The molecule has 0 radical (unpaired) electrons. The lowest BCUT2D eigenvalue weighted by Gasteiger charge is -2.10. The Morgan fingerprint density at radius 3 is 2.83 bits per heavy atom. The largest absolute Gasteiger partial charge is 0.468 e. The normalized spacial score (nSPS) is 11.2. The summed E-state index contributed by atoms with van der Waals surface area (Å²) in [5.41, 5.74) is 0.672. The number of hydrogen-bond donors (Lipinski definition) is 0. The molecule has 0 atom stereocenters. The summed E-state index contributed by atoms with van der Waals surface area (Å²) in [6, 6.07) is 7.37. The number of unbranched alkanes of at least 4 members (excludes halogenated alkanes) is 1. The number of nitrogens with zero attached hydrogens (tertiary/aromatic N) is 4. The number of ether oxygens (including phenoxy) is 1. The van der Waals surface area contributed by atoms with Gasteiger partial charge in [-0.25, -0.2) is 0 Å². The van der Waals surface area contributed by atoms with Gasteiger partial charge in [-0.2, -0.15) is 0 Å². The van der Waals surface area contributed by atoms with Gasteiger partial charge < -0.3 is 4.74 Å². The second-order valence-electron chi connectivity index (χ2n) is 5.31. The highest BCUT2D eigenvalue weighted by Crippen LogP contribution is 2.21. The Morgan fingerprint density at radius 1 is 1.29 bits per heavy atom. The molecule has 1 aromatic carbocycles. The van der Waals surface area contributed by atoms with Gasteiger partial charge in [-0.3, -0.25) is 18.6 Å². The maximum absolute atomic E-state index is 12.8. The zero-order valence-electron chi connectivity index (χ0n) is 13.6. The fourth-order valence-corrected chi connectivity index (χ4v) is 3.30. The topological polar surface area (TPSA) is 78.5 Å². The first-order chi connectivity index (χ1) is 11.7. The lowest BCUT2D eigenvalue weighted by molar-refractivity contribution is -0.137. The molecule has 0 amide bonds. The van der Waals surface area contributed by atoms with E-state index in [2.05, 4.69) is 21.9 Å². The van der Waals surface area contributed by atoms with Crippen LogP contribution in [0.15, 0.2) is 34.2 Å². The molecule has 0 aliphatic heterocycles. The van der Waals surface area contributed by atoms with Crippen LogP contribution in [0.2, 0.25) is 0 Å². The molecule has 0 unspecified atom stereocenters. The van der Waals surface area contributed by atoms with E-state index < -0.39 is 0 Å². The number of carbonyl (C=O) groups excluding carboxylic acids is 1. The average molecular weight is 346 g/mol. The Balaban J connectivity index is 2.21. The number of aromatic nitrogens is 4. The molecule has 0 bridgehead atoms. The molecule has 0 N–H and O–H groups in total. The van der Waals surface area contributed by atoms with E-state index >= 15 is 0 Å². The molecule has 2 aromatic heterocycles. The Labute approximate surface area is 142 Å². The number of fused-ring (bicyclic) bond motifs is 3. The van der Waals surface area contributed by atoms with Gasteiger partial charge >= 0.3 is 5.97 Å². The minimum Gasteiger partial charge on any atom is -0.468 e. The molecule has 8 heteroatoms. The van der Waals surface area contributed by atoms with E-state index in [4.69, 9.17) is 0 Å². The molecule has 2 heterocycles. The molecule has 0 fully saturated rings. The quantitative estimate of drug-likeness (QED) is 0.502. The van der Waals surface area contributed by atoms with Gasteiger partial charge in [-0.05, 0) is 18.6 Å². The summed E-state index contributed by atoms with van der Waals surface area (Å²) < 4.78 is 8.16. The maximum atomic E-state index is 12.8. The first-order valence-corrected chi connectivity index (χ1v) is 8.72. The summed E-state index contributed by atoms with van der Waals surface area (Å²) in [5.74, 6) is 0.305. The van der Waals surface area contributed by atoms with Crippen molar-refractivity contribution in [1.82, 2.24) is 19.2 Å². The van der Waals surface area contributed by atoms with Crippen LogP contribution in [0.3, 0.4) is 0 Å². The minimum atomic E-state index is -0.333. The molecule has 0 aliphatic rings. The van der Waals surface area contributed by atoms with Crippen molar-refractivity contribution < 1.29 is 9.53 Å². The number of methoxy groups -OCH3 is 1. The van der Waals surface area contributed by atoms with Crippen molar-refractivity contribution in [3.8, 4) is 0 Å². The van der Waals surface area contributed by atoms with Crippen molar-refractivity contribution in [2.75, 3.05) is 12.9 Å². The van der Waals surface area contributed by atoms with Gasteiger partial charge in [0.15, 0.2) is 5.16 Å². The lowest BCUT2D eigenvalue weighted by atomic mass is 10.2. The van der Waals surface area contributed by atoms with Crippen molar-refractivity contribution in [3.05, 3.63) is 34.6 Å².